The van der Waals surface area contributed by atoms with Crippen LogP contribution in [0.2, 0.25) is 0 Å². The van der Waals surface area contributed by atoms with E-state index >= 15 is 0 Å². The van der Waals surface area contributed by atoms with Gasteiger partial charge in [-0.2, -0.15) is 0 Å². The summed E-state index contributed by atoms with van der Waals surface area (Å²) in [5.41, 5.74) is -1.05. The summed E-state index contributed by atoms with van der Waals surface area (Å²) in [7, 11) is 0. The van der Waals surface area contributed by atoms with Crippen LogP contribution in [0, 0.1) is 11.8 Å². The summed E-state index contributed by atoms with van der Waals surface area (Å²) in [4.78, 5) is 23.6. The van der Waals surface area contributed by atoms with Crippen molar-refractivity contribution in [3.63, 3.8) is 0 Å². The summed E-state index contributed by atoms with van der Waals surface area (Å²) in [6.45, 7) is 4.38. The molecule has 2 rings (SSSR count). The van der Waals surface area contributed by atoms with Gasteiger partial charge in [-0.3, -0.25) is 0 Å². The molecule has 2 fully saturated rings. The predicted octanol–water partition coefficient (Wildman–Crippen LogP) is 2.51. The van der Waals surface area contributed by atoms with Gasteiger partial charge < -0.3 is 15.7 Å². The number of carboxylic acids is 1. The second kappa shape index (κ2) is 6.02. The summed E-state index contributed by atoms with van der Waals surface area (Å²) < 4.78 is 0. The number of carbonyl (C=O) groups excluding carboxylic acids is 1. The van der Waals surface area contributed by atoms with E-state index in [0.717, 1.165) is 25.7 Å². The minimum Gasteiger partial charge on any atom is -0.480 e. The fourth-order valence-corrected chi connectivity index (χ4v) is 3.58. The van der Waals surface area contributed by atoms with Gasteiger partial charge in [-0.15, -0.1) is 0 Å². The Morgan fingerprint density at radius 3 is 2.35 bits per heavy atom. The number of amides is 2. The molecule has 2 aliphatic carbocycles. The quantitative estimate of drug-likeness (QED) is 0.744. The van der Waals surface area contributed by atoms with E-state index in [0.29, 0.717) is 24.7 Å². The van der Waals surface area contributed by atoms with Gasteiger partial charge in [0.05, 0.1) is 0 Å². The molecule has 0 bridgehead atoms. The summed E-state index contributed by atoms with van der Waals surface area (Å²) in [6, 6.07) is -0.161. The van der Waals surface area contributed by atoms with Crippen molar-refractivity contribution in [2.45, 2.75) is 70.4 Å². The predicted molar refractivity (Wildman–Crippen MR) is 76.5 cm³/mol. The zero-order chi connectivity index (χ0) is 14.8. The number of carbonyl (C=O) groups is 2. The van der Waals surface area contributed by atoms with Crippen molar-refractivity contribution < 1.29 is 14.7 Å². The van der Waals surface area contributed by atoms with Gasteiger partial charge >= 0.3 is 12.0 Å². The highest BCUT2D eigenvalue weighted by atomic mass is 16.4. The lowest BCUT2D eigenvalue weighted by molar-refractivity contribution is -0.144. The molecule has 0 radical (unpaired) electrons. The maximum absolute atomic E-state index is 12.1. The van der Waals surface area contributed by atoms with Crippen LogP contribution in [0.1, 0.15) is 58.8 Å². The average molecular weight is 282 g/mol. The molecule has 0 spiro atoms. The summed E-state index contributed by atoms with van der Waals surface area (Å²) >= 11 is 0. The van der Waals surface area contributed by atoms with Crippen molar-refractivity contribution >= 4 is 12.0 Å². The van der Waals surface area contributed by atoms with Gasteiger partial charge in [-0.1, -0.05) is 39.5 Å². The molecule has 5 nitrogen and oxygen atoms in total. The first-order valence-electron chi connectivity index (χ1n) is 7.77. The highest BCUT2D eigenvalue weighted by molar-refractivity contribution is 5.86. The normalized spacial score (nSPS) is 32.6. The van der Waals surface area contributed by atoms with Crippen LogP contribution in [0.5, 0.6) is 0 Å². The van der Waals surface area contributed by atoms with E-state index in [1.165, 1.54) is 6.42 Å². The molecule has 2 saturated carbocycles. The second-order valence-corrected chi connectivity index (χ2v) is 6.57. The molecule has 3 atom stereocenters. The molecule has 0 aromatic rings. The van der Waals surface area contributed by atoms with Crippen LogP contribution < -0.4 is 10.6 Å². The van der Waals surface area contributed by atoms with Gasteiger partial charge in [-0.25, -0.2) is 9.59 Å². The lowest BCUT2D eigenvalue weighted by atomic mass is 9.78. The first kappa shape index (κ1) is 15.1. The fourth-order valence-electron chi connectivity index (χ4n) is 3.58. The molecular weight excluding hydrogens is 256 g/mol. The third kappa shape index (κ3) is 3.07. The Balaban J connectivity index is 1.93. The lowest BCUT2D eigenvalue weighted by Crippen LogP contribution is -2.58. The van der Waals surface area contributed by atoms with E-state index in [1.807, 2.05) is 0 Å². The zero-order valence-corrected chi connectivity index (χ0v) is 12.4. The molecule has 0 aromatic carbocycles. The molecule has 5 heteroatoms. The van der Waals surface area contributed by atoms with Gasteiger partial charge in [0.2, 0.25) is 0 Å². The largest absolute Gasteiger partial charge is 0.480 e. The van der Waals surface area contributed by atoms with Gasteiger partial charge in [0, 0.05) is 6.04 Å². The number of hydrogen-bond donors (Lipinski definition) is 3. The number of urea groups is 1. The zero-order valence-electron chi connectivity index (χ0n) is 12.4. The Hall–Kier alpha value is -1.26. The van der Waals surface area contributed by atoms with Gasteiger partial charge in [0.15, 0.2) is 0 Å². The van der Waals surface area contributed by atoms with Crippen LogP contribution in [-0.4, -0.2) is 28.7 Å². The molecule has 0 aliphatic heterocycles. The first-order valence-corrected chi connectivity index (χ1v) is 7.77. The van der Waals surface area contributed by atoms with Crippen LogP contribution in [-0.2, 0) is 4.79 Å². The van der Waals surface area contributed by atoms with E-state index in [-0.39, 0.29) is 12.1 Å². The van der Waals surface area contributed by atoms with Crippen molar-refractivity contribution in [2.75, 3.05) is 0 Å². The smallest absolute Gasteiger partial charge is 0.329 e. The third-order valence-corrected chi connectivity index (χ3v) is 5.24. The molecule has 0 saturated heterocycles. The highest BCUT2D eigenvalue weighted by Crippen LogP contribution is 2.31. The Morgan fingerprint density at radius 1 is 1.10 bits per heavy atom. The van der Waals surface area contributed by atoms with Crippen LogP contribution in [0.4, 0.5) is 4.79 Å². The van der Waals surface area contributed by atoms with E-state index < -0.39 is 11.5 Å². The molecule has 20 heavy (non-hydrogen) atoms. The number of hydrogen-bond acceptors (Lipinski definition) is 2. The maximum Gasteiger partial charge on any atom is 0.329 e. The lowest BCUT2D eigenvalue weighted by Gasteiger charge is -2.35. The van der Waals surface area contributed by atoms with Gasteiger partial charge in [0.1, 0.15) is 5.54 Å². The Bertz CT molecular complexity index is 377. The van der Waals surface area contributed by atoms with Crippen LogP contribution in [0.25, 0.3) is 0 Å². The van der Waals surface area contributed by atoms with Crippen LogP contribution >= 0.6 is 0 Å². The SMILES string of the molecule is CC1CCCC(NC(=O)NC2(C(=O)O)CCCC2)C1C. The number of rotatable bonds is 3. The second-order valence-electron chi connectivity index (χ2n) is 6.57. The van der Waals surface area contributed by atoms with Gasteiger partial charge in [-0.05, 0) is 31.1 Å². The summed E-state index contributed by atoms with van der Waals surface area (Å²) in [6.07, 6.45) is 6.12. The molecule has 3 unspecified atom stereocenters. The molecule has 2 aliphatic rings. The minimum absolute atomic E-state index is 0.158. The van der Waals surface area contributed by atoms with Crippen LogP contribution in [0.15, 0.2) is 0 Å². The van der Waals surface area contributed by atoms with Gasteiger partial charge in [0.25, 0.3) is 0 Å². The Morgan fingerprint density at radius 2 is 1.75 bits per heavy atom. The Labute approximate surface area is 120 Å². The topological polar surface area (TPSA) is 78.4 Å². The molecule has 0 aromatic heterocycles. The third-order valence-electron chi connectivity index (χ3n) is 5.24. The van der Waals surface area contributed by atoms with Crippen molar-refractivity contribution in [2.24, 2.45) is 11.8 Å². The van der Waals surface area contributed by atoms with Crippen molar-refractivity contribution in [1.82, 2.24) is 10.6 Å². The van der Waals surface area contributed by atoms with E-state index in [4.69, 9.17) is 0 Å². The standard InChI is InChI=1S/C15H26N2O3/c1-10-6-5-7-12(11(10)2)16-14(20)17-15(13(18)19)8-3-4-9-15/h10-12H,3-9H2,1-2H3,(H,18,19)(H2,16,17,20). The van der Waals surface area contributed by atoms with Crippen molar-refractivity contribution in [3.8, 4) is 0 Å². The minimum atomic E-state index is -1.05. The molecule has 3 N–H and O–H groups in total. The van der Waals surface area contributed by atoms with Crippen molar-refractivity contribution in [3.05, 3.63) is 0 Å². The fraction of sp³-hybridized carbons (Fsp3) is 0.867. The first-order chi connectivity index (χ1) is 9.44. The number of nitrogens with one attached hydrogen (secondary N) is 2. The molecule has 2 amide bonds. The molecule has 114 valence electrons. The monoisotopic (exact) mass is 282 g/mol. The molecule has 0 heterocycles. The van der Waals surface area contributed by atoms with E-state index in [9.17, 15) is 14.7 Å². The summed E-state index contributed by atoms with van der Waals surface area (Å²) in [5, 5.41) is 15.1. The van der Waals surface area contributed by atoms with E-state index in [1.54, 1.807) is 0 Å². The van der Waals surface area contributed by atoms with Crippen molar-refractivity contribution in [1.29, 1.82) is 0 Å². The number of aliphatic carboxylic acids is 1. The number of carboxylic acid groups (broad SMARTS) is 1. The average Bonchev–Trinajstić information content (AvgIpc) is 2.85. The molecular formula is C15H26N2O3. The summed E-state index contributed by atoms with van der Waals surface area (Å²) in [5.74, 6) is 0.142. The van der Waals surface area contributed by atoms with E-state index in [2.05, 4.69) is 24.5 Å². The maximum atomic E-state index is 12.1. The Kier molecular flexibility index (Phi) is 4.55. The highest BCUT2D eigenvalue weighted by Gasteiger charge is 2.43. The van der Waals surface area contributed by atoms with Crippen LogP contribution in [0.3, 0.4) is 0 Å².